The van der Waals surface area contributed by atoms with Gasteiger partial charge in [0.25, 0.3) is 0 Å². The molecule has 0 saturated heterocycles. The van der Waals surface area contributed by atoms with Crippen LogP contribution in [0.15, 0.2) is 23.2 Å². The van der Waals surface area contributed by atoms with Gasteiger partial charge in [0.15, 0.2) is 5.96 Å². The number of nitrogens with zero attached hydrogens (tertiary/aromatic N) is 1. The second kappa shape index (κ2) is 10.8. The molecule has 21 heavy (non-hydrogen) atoms. The summed E-state index contributed by atoms with van der Waals surface area (Å²) >= 11 is 0. The highest BCUT2D eigenvalue weighted by Crippen LogP contribution is 2.08. The summed E-state index contributed by atoms with van der Waals surface area (Å²) in [6.07, 6.45) is 1.61. The number of hydrogen-bond donors (Lipinski definition) is 2. The lowest BCUT2D eigenvalue weighted by molar-refractivity contribution is 0.573. The van der Waals surface area contributed by atoms with Crippen LogP contribution in [0.1, 0.15) is 25.8 Å². The minimum atomic E-state index is -0.542. The lowest BCUT2D eigenvalue weighted by Crippen LogP contribution is -2.39. The van der Waals surface area contributed by atoms with E-state index in [9.17, 15) is 8.78 Å². The van der Waals surface area contributed by atoms with E-state index < -0.39 is 11.6 Å². The predicted molar refractivity (Wildman–Crippen MR) is 94.3 cm³/mol. The normalized spacial score (nSPS) is 11.2. The first-order valence-electron chi connectivity index (χ1n) is 6.90. The fourth-order valence-electron chi connectivity index (χ4n) is 1.78. The van der Waals surface area contributed by atoms with E-state index in [1.54, 1.807) is 7.05 Å². The minimum Gasteiger partial charge on any atom is -0.356 e. The largest absolute Gasteiger partial charge is 0.356 e. The number of halogens is 3. The van der Waals surface area contributed by atoms with Crippen LogP contribution in [0, 0.1) is 17.6 Å². The molecule has 2 N–H and O–H groups in total. The van der Waals surface area contributed by atoms with Crippen molar-refractivity contribution in [3.05, 3.63) is 35.4 Å². The van der Waals surface area contributed by atoms with Gasteiger partial charge in [-0.05, 0) is 36.5 Å². The van der Waals surface area contributed by atoms with Gasteiger partial charge in [-0.15, -0.1) is 24.0 Å². The first kappa shape index (κ1) is 20.1. The highest BCUT2D eigenvalue weighted by atomic mass is 127. The Labute approximate surface area is 142 Å². The molecule has 6 heteroatoms. The van der Waals surface area contributed by atoms with Crippen molar-refractivity contribution in [3.63, 3.8) is 0 Å². The van der Waals surface area contributed by atoms with E-state index in [1.807, 2.05) is 0 Å². The molecule has 0 atom stereocenters. The van der Waals surface area contributed by atoms with Crippen LogP contribution in [0.25, 0.3) is 0 Å². The number of benzene rings is 1. The fourth-order valence-corrected chi connectivity index (χ4v) is 1.78. The molecule has 0 aromatic heterocycles. The molecule has 0 unspecified atom stereocenters. The number of guanidine groups is 1. The zero-order chi connectivity index (χ0) is 15.0. The van der Waals surface area contributed by atoms with Crippen molar-refractivity contribution in [3.8, 4) is 0 Å². The Morgan fingerprint density at radius 2 is 1.67 bits per heavy atom. The van der Waals surface area contributed by atoms with Crippen molar-refractivity contribution in [2.45, 2.75) is 26.7 Å². The summed E-state index contributed by atoms with van der Waals surface area (Å²) in [7, 11) is 1.70. The Balaban J connectivity index is 0.00000400. The maximum Gasteiger partial charge on any atom is 0.190 e. The third kappa shape index (κ3) is 8.85. The van der Waals surface area contributed by atoms with Gasteiger partial charge in [-0.3, -0.25) is 4.99 Å². The molecule has 0 amide bonds. The van der Waals surface area contributed by atoms with Gasteiger partial charge in [0, 0.05) is 26.2 Å². The second-order valence-electron chi connectivity index (χ2n) is 5.14. The first-order chi connectivity index (χ1) is 9.51. The Kier molecular flexibility index (Phi) is 10.3. The van der Waals surface area contributed by atoms with Crippen LogP contribution in [0.4, 0.5) is 8.78 Å². The maximum atomic E-state index is 13.0. The highest BCUT2D eigenvalue weighted by molar-refractivity contribution is 14.0. The summed E-state index contributed by atoms with van der Waals surface area (Å²) < 4.78 is 26.1. The number of nitrogens with one attached hydrogen (secondary N) is 2. The fraction of sp³-hybridized carbons (Fsp3) is 0.533. The third-order valence-corrected chi connectivity index (χ3v) is 2.87. The van der Waals surface area contributed by atoms with Crippen LogP contribution in [0.5, 0.6) is 0 Å². The van der Waals surface area contributed by atoms with E-state index in [4.69, 9.17) is 0 Å². The Bertz CT molecular complexity index is 430. The molecule has 0 bridgehead atoms. The molecule has 3 nitrogen and oxygen atoms in total. The molecule has 0 heterocycles. The molecule has 1 rings (SSSR count). The molecule has 120 valence electrons. The average Bonchev–Trinajstić information content (AvgIpc) is 2.35. The molecule has 1 aromatic carbocycles. The van der Waals surface area contributed by atoms with Crippen LogP contribution in [0.2, 0.25) is 0 Å². The van der Waals surface area contributed by atoms with Crippen molar-refractivity contribution in [1.82, 2.24) is 10.6 Å². The monoisotopic (exact) mass is 411 g/mol. The van der Waals surface area contributed by atoms with Crippen LogP contribution < -0.4 is 10.6 Å². The van der Waals surface area contributed by atoms with Gasteiger partial charge in [-0.2, -0.15) is 0 Å². The van der Waals surface area contributed by atoms with E-state index in [0.29, 0.717) is 30.4 Å². The SMILES string of the molecule is CN=C(NCCc1cc(F)cc(F)c1)NCCC(C)C.I. The summed E-state index contributed by atoms with van der Waals surface area (Å²) in [6.45, 7) is 5.75. The van der Waals surface area contributed by atoms with Gasteiger partial charge in [-0.1, -0.05) is 13.8 Å². The van der Waals surface area contributed by atoms with Crippen LogP contribution >= 0.6 is 24.0 Å². The number of aliphatic imine (C=N–C) groups is 1. The molecule has 1 aromatic rings. The average molecular weight is 411 g/mol. The third-order valence-electron chi connectivity index (χ3n) is 2.87. The van der Waals surface area contributed by atoms with E-state index in [1.165, 1.54) is 12.1 Å². The first-order valence-corrected chi connectivity index (χ1v) is 6.90. The summed E-state index contributed by atoms with van der Waals surface area (Å²) in [5.74, 6) is 0.261. The van der Waals surface area contributed by atoms with Crippen molar-refractivity contribution in [1.29, 1.82) is 0 Å². The van der Waals surface area contributed by atoms with Gasteiger partial charge in [0.1, 0.15) is 11.6 Å². The summed E-state index contributed by atoms with van der Waals surface area (Å²) in [5, 5.41) is 6.33. The van der Waals surface area contributed by atoms with E-state index in [2.05, 4.69) is 29.5 Å². The molecule has 0 aliphatic heterocycles. The molecular weight excluding hydrogens is 387 g/mol. The van der Waals surface area contributed by atoms with Crippen molar-refractivity contribution in [2.75, 3.05) is 20.1 Å². The zero-order valence-corrected chi connectivity index (χ0v) is 15.1. The Hall–Kier alpha value is -0.920. The topological polar surface area (TPSA) is 36.4 Å². The van der Waals surface area contributed by atoms with E-state index in [-0.39, 0.29) is 24.0 Å². The molecular formula is C15H24F2IN3. The lowest BCUT2D eigenvalue weighted by atomic mass is 10.1. The summed E-state index contributed by atoms with van der Waals surface area (Å²) in [6, 6.07) is 3.57. The quantitative estimate of drug-likeness (QED) is 0.428. The summed E-state index contributed by atoms with van der Waals surface area (Å²) in [5.41, 5.74) is 0.632. The van der Waals surface area contributed by atoms with E-state index >= 15 is 0 Å². The van der Waals surface area contributed by atoms with Crippen molar-refractivity contribution < 1.29 is 8.78 Å². The molecule has 0 saturated carbocycles. The van der Waals surface area contributed by atoms with Crippen LogP contribution in [0.3, 0.4) is 0 Å². The molecule has 0 fully saturated rings. The maximum absolute atomic E-state index is 13.0. The van der Waals surface area contributed by atoms with Crippen LogP contribution in [-0.2, 0) is 6.42 Å². The van der Waals surface area contributed by atoms with Crippen molar-refractivity contribution in [2.24, 2.45) is 10.9 Å². The smallest absolute Gasteiger partial charge is 0.190 e. The number of hydrogen-bond acceptors (Lipinski definition) is 1. The molecule has 0 aliphatic rings. The molecule has 0 radical (unpaired) electrons. The van der Waals surface area contributed by atoms with Gasteiger partial charge >= 0.3 is 0 Å². The Morgan fingerprint density at radius 1 is 1.10 bits per heavy atom. The molecule has 0 aliphatic carbocycles. The lowest BCUT2D eigenvalue weighted by Gasteiger charge is -2.12. The van der Waals surface area contributed by atoms with Crippen LogP contribution in [-0.4, -0.2) is 26.1 Å². The van der Waals surface area contributed by atoms with Gasteiger partial charge in [0.2, 0.25) is 0 Å². The number of rotatable bonds is 6. The standard InChI is InChI=1S/C15H23F2N3.HI/c1-11(2)4-6-19-15(18-3)20-7-5-12-8-13(16)10-14(17)9-12;/h8-11H,4-7H2,1-3H3,(H2,18,19,20);1H. The van der Waals surface area contributed by atoms with Gasteiger partial charge in [0.05, 0.1) is 0 Å². The van der Waals surface area contributed by atoms with Gasteiger partial charge in [-0.25, -0.2) is 8.78 Å². The minimum absolute atomic E-state index is 0. The predicted octanol–water partition coefficient (Wildman–Crippen LogP) is 3.34. The highest BCUT2D eigenvalue weighted by Gasteiger charge is 2.02. The molecule has 0 spiro atoms. The summed E-state index contributed by atoms with van der Waals surface area (Å²) in [4.78, 5) is 4.10. The van der Waals surface area contributed by atoms with Crippen molar-refractivity contribution >= 4 is 29.9 Å². The zero-order valence-electron chi connectivity index (χ0n) is 12.7. The second-order valence-corrected chi connectivity index (χ2v) is 5.14. The Morgan fingerprint density at radius 3 is 2.19 bits per heavy atom. The van der Waals surface area contributed by atoms with E-state index in [0.717, 1.165) is 19.0 Å². The van der Waals surface area contributed by atoms with Gasteiger partial charge < -0.3 is 10.6 Å².